The average molecular weight is 562 g/mol. The summed E-state index contributed by atoms with van der Waals surface area (Å²) in [6.45, 7) is -1.01. The van der Waals surface area contributed by atoms with Gasteiger partial charge in [-0.1, -0.05) is 0 Å². The number of ether oxygens (including phenoxy) is 2. The lowest BCUT2D eigenvalue weighted by atomic mass is 10.1. The predicted molar refractivity (Wildman–Crippen MR) is 132 cm³/mol. The number of hydrogen-bond acceptors (Lipinski definition) is 14. The number of rotatable bonds is 4. The zero-order valence-electron chi connectivity index (χ0n) is 20.1. The van der Waals surface area contributed by atoms with E-state index >= 15 is 0 Å². The molecule has 8 N–H and O–H groups in total. The topological polar surface area (TPSA) is 302 Å². The molecule has 0 spiro atoms. The van der Waals surface area contributed by atoms with Gasteiger partial charge in [-0.05, 0) is 0 Å². The van der Waals surface area contributed by atoms with E-state index in [1.165, 1.54) is 0 Å². The summed E-state index contributed by atoms with van der Waals surface area (Å²) in [5, 5.41) is 72.4. The van der Waals surface area contributed by atoms with E-state index in [1.807, 2.05) is 0 Å². The molecule has 20 nitrogen and oxygen atoms in total. The number of nitrogens with zero attached hydrogens (tertiary/aromatic N) is 8. The van der Waals surface area contributed by atoms with Crippen LogP contribution in [0, 0.1) is 10.8 Å². The largest absolute Gasteiger partial charge is 0.394 e. The first-order valence-electron chi connectivity index (χ1n) is 11.6. The maximum Gasteiger partial charge on any atom is 0.352 e. The van der Waals surface area contributed by atoms with Gasteiger partial charge in [0.05, 0.1) is 13.2 Å². The van der Waals surface area contributed by atoms with Crippen LogP contribution in [-0.2, 0) is 9.47 Å². The Labute approximate surface area is 222 Å². The van der Waals surface area contributed by atoms with Crippen LogP contribution in [0.4, 0.5) is 9.59 Å². The standard InChI is InChI=1S/2C10H11N5O5/c2*11-7-4-8(13-2-12-7)15(10(19)14-4)9-6(18)5(17)3(1-16)20-9/h2*2-3,5-6,9,11,16-18H,1H2/t2*3-,5-,6-,9-/m11/s1. The minimum absolute atomic E-state index is 0.0183. The SMILES string of the molecule is N=C1N=CN=C2C1=NC(=O)N2[C@@H]1O[C@H](CO)[C@@H](O)[C@H]1O.N=C1N=CN=C2C1=NC(=O)N2[C@@H]1O[C@H](CO)[C@@H](O)[C@H]1O. The van der Waals surface area contributed by atoms with Gasteiger partial charge in [-0.25, -0.2) is 39.4 Å². The van der Waals surface area contributed by atoms with Crippen LogP contribution in [0.5, 0.6) is 0 Å². The number of carbonyl (C=O) groups is 2. The van der Waals surface area contributed by atoms with Gasteiger partial charge in [-0.3, -0.25) is 10.8 Å². The van der Waals surface area contributed by atoms with Crippen molar-refractivity contribution in [1.82, 2.24) is 9.80 Å². The molecule has 6 rings (SSSR count). The van der Waals surface area contributed by atoms with E-state index in [2.05, 4.69) is 30.0 Å². The Morgan fingerprint density at radius 3 is 1.40 bits per heavy atom. The highest BCUT2D eigenvalue weighted by atomic mass is 16.6. The van der Waals surface area contributed by atoms with E-state index < -0.39 is 74.4 Å². The minimum atomic E-state index is -1.42. The zero-order valence-corrected chi connectivity index (χ0v) is 20.1. The Bertz CT molecular complexity index is 1240. The molecule has 40 heavy (non-hydrogen) atoms. The van der Waals surface area contributed by atoms with E-state index in [9.17, 15) is 30.0 Å². The number of urea groups is 2. The van der Waals surface area contributed by atoms with Crippen LogP contribution in [0.1, 0.15) is 0 Å². The highest BCUT2D eigenvalue weighted by Crippen LogP contribution is 2.29. The van der Waals surface area contributed by atoms with Crippen LogP contribution in [0.25, 0.3) is 0 Å². The molecule has 2 saturated heterocycles. The van der Waals surface area contributed by atoms with Crippen molar-refractivity contribution in [2.45, 2.75) is 49.1 Å². The van der Waals surface area contributed by atoms with Crippen molar-refractivity contribution in [1.29, 1.82) is 10.8 Å². The molecule has 0 saturated carbocycles. The second-order valence-electron chi connectivity index (χ2n) is 8.78. The number of aliphatic hydroxyl groups is 6. The molecule has 6 aliphatic heterocycles. The van der Waals surface area contributed by atoms with Crippen LogP contribution < -0.4 is 0 Å². The number of aliphatic imine (C=N–C) groups is 6. The van der Waals surface area contributed by atoms with E-state index in [0.29, 0.717) is 0 Å². The highest BCUT2D eigenvalue weighted by molar-refractivity contribution is 6.73. The number of hydrogen-bond donors (Lipinski definition) is 8. The Kier molecular flexibility index (Phi) is 7.24. The van der Waals surface area contributed by atoms with Gasteiger partial charge in [0.2, 0.25) is 0 Å². The fourth-order valence-corrected chi connectivity index (χ4v) is 4.42. The van der Waals surface area contributed by atoms with Gasteiger partial charge in [-0.15, -0.1) is 0 Å². The third-order valence-corrected chi connectivity index (χ3v) is 6.43. The Hall–Kier alpha value is -4.02. The third kappa shape index (κ3) is 4.37. The van der Waals surface area contributed by atoms with Crippen LogP contribution in [0.15, 0.2) is 30.0 Å². The lowest BCUT2D eigenvalue weighted by Gasteiger charge is -2.25. The summed E-state index contributed by atoms with van der Waals surface area (Å²) in [6.07, 6.45) is -7.80. The average Bonchev–Trinajstić information content (AvgIpc) is 3.62. The van der Waals surface area contributed by atoms with E-state index in [-0.39, 0.29) is 34.8 Å². The molecule has 0 radical (unpaired) electrons. The van der Waals surface area contributed by atoms with Crippen molar-refractivity contribution in [3.63, 3.8) is 0 Å². The van der Waals surface area contributed by atoms with Crippen LogP contribution in [-0.4, -0.2) is 162 Å². The molecule has 2 fully saturated rings. The molecular weight excluding hydrogens is 540 g/mol. The van der Waals surface area contributed by atoms with Gasteiger partial charge < -0.3 is 40.1 Å². The maximum absolute atomic E-state index is 11.9. The molecule has 6 heterocycles. The molecular formula is C20H22N10O10. The van der Waals surface area contributed by atoms with Gasteiger partial charge in [0.25, 0.3) is 0 Å². The number of amidine groups is 4. The summed E-state index contributed by atoms with van der Waals surface area (Å²) < 4.78 is 10.5. The fraction of sp³-hybridized carbons (Fsp3) is 0.500. The fourth-order valence-electron chi connectivity index (χ4n) is 4.42. The van der Waals surface area contributed by atoms with E-state index in [1.54, 1.807) is 0 Å². The summed E-state index contributed by atoms with van der Waals surface area (Å²) in [6, 6.07) is -1.55. The Balaban J connectivity index is 0.000000161. The molecule has 0 unspecified atom stereocenters. The first-order chi connectivity index (χ1) is 19.1. The van der Waals surface area contributed by atoms with Crippen LogP contribution in [0.2, 0.25) is 0 Å². The highest BCUT2D eigenvalue weighted by Gasteiger charge is 2.52. The molecule has 4 amide bonds. The van der Waals surface area contributed by atoms with Gasteiger partial charge in [0.1, 0.15) is 49.3 Å². The van der Waals surface area contributed by atoms with Crippen molar-refractivity contribution >= 4 is 59.5 Å². The van der Waals surface area contributed by atoms with Crippen molar-refractivity contribution in [3.05, 3.63) is 0 Å². The number of fused-ring (bicyclic) bond motifs is 2. The molecule has 212 valence electrons. The van der Waals surface area contributed by atoms with Gasteiger partial charge >= 0.3 is 12.1 Å². The van der Waals surface area contributed by atoms with Crippen LogP contribution >= 0.6 is 0 Å². The van der Waals surface area contributed by atoms with Crippen molar-refractivity contribution < 1.29 is 49.7 Å². The summed E-state index contributed by atoms with van der Waals surface area (Å²) in [5.41, 5.74) is -0.0366. The summed E-state index contributed by atoms with van der Waals surface area (Å²) in [5.74, 6) is -0.384. The summed E-state index contributed by atoms with van der Waals surface area (Å²) in [7, 11) is 0. The number of nitrogens with one attached hydrogen (secondary N) is 2. The number of amides is 4. The Morgan fingerprint density at radius 2 is 1.07 bits per heavy atom. The predicted octanol–water partition coefficient (Wildman–Crippen LogP) is -4.56. The first-order valence-corrected chi connectivity index (χ1v) is 11.6. The lowest BCUT2D eigenvalue weighted by molar-refractivity contribution is -0.0564. The second kappa shape index (κ2) is 10.5. The third-order valence-electron chi connectivity index (χ3n) is 6.43. The summed E-state index contributed by atoms with van der Waals surface area (Å²) >= 11 is 0. The van der Waals surface area contributed by atoms with E-state index in [0.717, 1.165) is 22.5 Å². The molecule has 0 aromatic rings. The maximum atomic E-state index is 11.9. The first kappa shape index (κ1) is 27.5. The summed E-state index contributed by atoms with van der Waals surface area (Å²) in [4.78, 5) is 47.8. The van der Waals surface area contributed by atoms with Gasteiger partial charge in [-0.2, -0.15) is 9.98 Å². The number of carbonyl (C=O) groups excluding carboxylic acids is 2. The van der Waals surface area contributed by atoms with Gasteiger partial charge in [0.15, 0.2) is 47.2 Å². The molecule has 20 heteroatoms. The zero-order chi connectivity index (χ0) is 28.9. The quantitative estimate of drug-likeness (QED) is 0.162. The molecule has 0 aliphatic carbocycles. The molecule has 0 aromatic heterocycles. The molecule has 0 aromatic carbocycles. The van der Waals surface area contributed by atoms with E-state index in [4.69, 9.17) is 30.5 Å². The normalized spacial score (nSPS) is 36.2. The smallest absolute Gasteiger partial charge is 0.352 e. The monoisotopic (exact) mass is 562 g/mol. The molecule has 8 atom stereocenters. The second-order valence-corrected chi connectivity index (χ2v) is 8.78. The Morgan fingerprint density at radius 1 is 0.700 bits per heavy atom. The van der Waals surface area contributed by atoms with Crippen molar-refractivity contribution in [3.8, 4) is 0 Å². The van der Waals surface area contributed by atoms with Crippen molar-refractivity contribution in [2.75, 3.05) is 13.2 Å². The lowest BCUT2D eigenvalue weighted by Crippen LogP contribution is -2.49. The molecule has 6 aliphatic rings. The minimum Gasteiger partial charge on any atom is -0.394 e. The van der Waals surface area contributed by atoms with Crippen molar-refractivity contribution in [2.24, 2.45) is 30.0 Å². The van der Waals surface area contributed by atoms with Crippen LogP contribution in [0.3, 0.4) is 0 Å². The van der Waals surface area contributed by atoms with Gasteiger partial charge in [0, 0.05) is 0 Å². The number of aliphatic hydroxyl groups excluding tert-OH is 6. The molecule has 0 bridgehead atoms.